The summed E-state index contributed by atoms with van der Waals surface area (Å²) in [7, 11) is 2.98. The molecule has 2 aromatic carbocycles. The zero-order valence-corrected chi connectivity index (χ0v) is 16.5. The topological polar surface area (TPSA) is 116 Å². The van der Waals surface area contributed by atoms with E-state index in [-0.39, 0.29) is 5.69 Å². The van der Waals surface area contributed by atoms with E-state index in [1.807, 2.05) is 0 Å². The van der Waals surface area contributed by atoms with E-state index >= 15 is 0 Å². The molecule has 9 heteroatoms. The second-order valence-corrected chi connectivity index (χ2v) is 6.28. The van der Waals surface area contributed by atoms with Crippen LogP contribution in [0.3, 0.4) is 0 Å². The normalized spacial score (nSPS) is 10.8. The number of hydrazone groups is 1. The molecule has 0 aliphatic heterocycles. The number of amides is 1. The third kappa shape index (κ3) is 4.64. The van der Waals surface area contributed by atoms with Crippen molar-refractivity contribution in [2.75, 3.05) is 14.2 Å². The van der Waals surface area contributed by atoms with E-state index in [1.165, 1.54) is 26.5 Å². The largest absolute Gasteiger partial charge is 0.497 e. The van der Waals surface area contributed by atoms with Crippen molar-refractivity contribution in [3.05, 3.63) is 75.5 Å². The van der Waals surface area contributed by atoms with Gasteiger partial charge < -0.3 is 13.9 Å². The number of carbonyl (C=O) groups is 1. The van der Waals surface area contributed by atoms with Gasteiger partial charge >= 0.3 is 0 Å². The molecule has 3 aromatic rings. The molecule has 9 nitrogen and oxygen atoms in total. The molecule has 0 spiro atoms. The maximum absolute atomic E-state index is 12.3. The summed E-state index contributed by atoms with van der Waals surface area (Å²) in [4.78, 5) is 23.2. The first-order valence-corrected chi connectivity index (χ1v) is 8.83. The van der Waals surface area contributed by atoms with Crippen LogP contribution in [0.15, 0.2) is 58.0 Å². The Hall–Kier alpha value is -4.14. The molecule has 0 unspecified atom stereocenters. The number of nitro groups is 1. The van der Waals surface area contributed by atoms with Gasteiger partial charge in [-0.1, -0.05) is 6.07 Å². The average Bonchev–Trinajstić information content (AvgIpc) is 3.21. The Morgan fingerprint density at radius 3 is 2.43 bits per heavy atom. The molecule has 0 aliphatic rings. The first kappa shape index (κ1) is 20.6. The summed E-state index contributed by atoms with van der Waals surface area (Å²) < 4.78 is 15.9. The van der Waals surface area contributed by atoms with Gasteiger partial charge in [0.05, 0.1) is 30.9 Å². The highest BCUT2D eigenvalue weighted by molar-refractivity contribution is 5.95. The number of rotatable bonds is 7. The molecule has 30 heavy (non-hydrogen) atoms. The van der Waals surface area contributed by atoms with Crippen LogP contribution < -0.4 is 14.9 Å². The highest BCUT2D eigenvalue weighted by Gasteiger charge is 2.18. The highest BCUT2D eigenvalue weighted by atomic mass is 16.6. The number of aryl methyl sites for hydroxylation is 1. The molecule has 1 amide bonds. The monoisotopic (exact) mass is 409 g/mol. The van der Waals surface area contributed by atoms with Crippen molar-refractivity contribution in [2.24, 2.45) is 5.10 Å². The van der Waals surface area contributed by atoms with Crippen molar-refractivity contribution in [3.8, 4) is 22.8 Å². The SMILES string of the molecule is COc1cc(OC)cc(C(=O)N/N=C\c2ccc(-c3ccc(C)cc3[N+](=O)[O-])o2)c1. The Morgan fingerprint density at radius 2 is 1.80 bits per heavy atom. The summed E-state index contributed by atoms with van der Waals surface area (Å²) in [6, 6.07) is 12.8. The van der Waals surface area contributed by atoms with Crippen LogP contribution in [0.1, 0.15) is 21.7 Å². The minimum Gasteiger partial charge on any atom is -0.497 e. The fourth-order valence-electron chi connectivity index (χ4n) is 2.73. The Balaban J connectivity index is 1.74. The molecule has 0 radical (unpaired) electrons. The van der Waals surface area contributed by atoms with E-state index in [9.17, 15) is 14.9 Å². The minimum absolute atomic E-state index is 0.0480. The zero-order valence-electron chi connectivity index (χ0n) is 16.5. The number of nitro benzene ring substituents is 1. The van der Waals surface area contributed by atoms with E-state index in [1.54, 1.807) is 49.4 Å². The molecule has 1 heterocycles. The first-order valence-electron chi connectivity index (χ1n) is 8.83. The standard InChI is InChI=1S/C21H19N3O6/c1-13-4-6-18(19(8-13)24(26)27)20-7-5-15(30-20)12-22-23-21(25)14-9-16(28-2)11-17(10-14)29-3/h4-12H,1-3H3,(H,23,25)/b22-12-. The van der Waals surface area contributed by atoms with Crippen LogP contribution in [0.2, 0.25) is 0 Å². The molecule has 0 bridgehead atoms. The number of hydrogen-bond donors (Lipinski definition) is 1. The van der Waals surface area contributed by atoms with Gasteiger partial charge in [-0.25, -0.2) is 5.43 Å². The van der Waals surface area contributed by atoms with Crippen LogP contribution in [-0.2, 0) is 0 Å². The van der Waals surface area contributed by atoms with Crippen LogP contribution >= 0.6 is 0 Å². The summed E-state index contributed by atoms with van der Waals surface area (Å²) in [5.74, 6) is 1.12. The van der Waals surface area contributed by atoms with Crippen molar-refractivity contribution in [2.45, 2.75) is 6.92 Å². The second-order valence-electron chi connectivity index (χ2n) is 6.28. The number of hydrogen-bond acceptors (Lipinski definition) is 7. The molecule has 0 aliphatic carbocycles. The summed E-state index contributed by atoms with van der Waals surface area (Å²) >= 11 is 0. The van der Waals surface area contributed by atoms with Gasteiger partial charge in [-0.3, -0.25) is 14.9 Å². The maximum Gasteiger partial charge on any atom is 0.280 e. The van der Waals surface area contributed by atoms with E-state index in [4.69, 9.17) is 13.9 Å². The van der Waals surface area contributed by atoms with E-state index in [0.717, 1.165) is 5.56 Å². The highest BCUT2D eigenvalue weighted by Crippen LogP contribution is 2.31. The number of nitrogens with zero attached hydrogens (tertiary/aromatic N) is 2. The molecule has 3 rings (SSSR count). The number of benzene rings is 2. The van der Waals surface area contributed by atoms with Gasteiger partial charge in [0, 0.05) is 17.7 Å². The predicted octanol–water partition coefficient (Wildman–Crippen LogP) is 3.94. The molecule has 0 saturated carbocycles. The van der Waals surface area contributed by atoms with Crippen molar-refractivity contribution < 1.29 is 23.6 Å². The van der Waals surface area contributed by atoms with Crippen LogP contribution in [0.5, 0.6) is 11.5 Å². The predicted molar refractivity (Wildman–Crippen MR) is 110 cm³/mol. The van der Waals surface area contributed by atoms with Crippen molar-refractivity contribution in [1.82, 2.24) is 5.43 Å². The lowest BCUT2D eigenvalue weighted by Crippen LogP contribution is -2.17. The van der Waals surface area contributed by atoms with Gasteiger partial charge in [-0.2, -0.15) is 5.10 Å². The summed E-state index contributed by atoms with van der Waals surface area (Å²) in [6.07, 6.45) is 1.30. The third-order valence-corrected chi connectivity index (χ3v) is 4.21. The lowest BCUT2D eigenvalue weighted by Gasteiger charge is -2.07. The average molecular weight is 409 g/mol. The molecule has 0 fully saturated rings. The molecule has 0 atom stereocenters. The minimum atomic E-state index is -0.468. The maximum atomic E-state index is 12.3. The Bertz CT molecular complexity index is 1100. The fourth-order valence-corrected chi connectivity index (χ4v) is 2.73. The molecule has 1 aromatic heterocycles. The van der Waals surface area contributed by atoms with Crippen molar-refractivity contribution in [3.63, 3.8) is 0 Å². The first-order chi connectivity index (χ1) is 14.4. The van der Waals surface area contributed by atoms with E-state index in [2.05, 4.69) is 10.5 Å². The Morgan fingerprint density at radius 1 is 1.10 bits per heavy atom. The smallest absolute Gasteiger partial charge is 0.280 e. The molecular formula is C21H19N3O6. The third-order valence-electron chi connectivity index (χ3n) is 4.21. The van der Waals surface area contributed by atoms with Gasteiger partial charge in [-0.05, 0) is 42.8 Å². The lowest BCUT2D eigenvalue weighted by molar-refractivity contribution is -0.384. The Kier molecular flexibility index (Phi) is 6.11. The summed E-state index contributed by atoms with van der Waals surface area (Å²) in [6.45, 7) is 1.78. The van der Waals surface area contributed by atoms with Gasteiger partial charge in [-0.15, -0.1) is 0 Å². The number of methoxy groups -OCH3 is 2. The summed E-state index contributed by atoms with van der Waals surface area (Å²) in [5.41, 5.74) is 3.78. The van der Waals surface area contributed by atoms with Crippen molar-refractivity contribution in [1.29, 1.82) is 0 Å². The summed E-state index contributed by atoms with van der Waals surface area (Å²) in [5, 5.41) is 15.2. The fraction of sp³-hybridized carbons (Fsp3) is 0.143. The Labute approximate surface area is 172 Å². The molecule has 0 saturated heterocycles. The van der Waals surface area contributed by atoms with E-state index in [0.29, 0.717) is 34.1 Å². The molecular weight excluding hydrogens is 390 g/mol. The van der Waals surface area contributed by atoms with Crippen LogP contribution in [0.25, 0.3) is 11.3 Å². The number of ether oxygens (including phenoxy) is 2. The van der Waals surface area contributed by atoms with Gasteiger partial charge in [0.1, 0.15) is 23.0 Å². The molecule has 154 valence electrons. The quantitative estimate of drug-likeness (QED) is 0.359. The number of furan rings is 1. The van der Waals surface area contributed by atoms with Gasteiger partial charge in [0.2, 0.25) is 0 Å². The van der Waals surface area contributed by atoms with Crippen molar-refractivity contribution >= 4 is 17.8 Å². The van der Waals surface area contributed by atoms with Gasteiger partial charge in [0.15, 0.2) is 0 Å². The van der Waals surface area contributed by atoms with E-state index < -0.39 is 10.8 Å². The number of nitrogens with one attached hydrogen (secondary N) is 1. The van der Waals surface area contributed by atoms with Crippen LogP contribution in [0.4, 0.5) is 5.69 Å². The zero-order chi connectivity index (χ0) is 21.7. The second kappa shape index (κ2) is 8.91. The van der Waals surface area contributed by atoms with Crippen LogP contribution in [-0.4, -0.2) is 31.3 Å². The number of carbonyl (C=O) groups excluding carboxylic acids is 1. The van der Waals surface area contributed by atoms with Gasteiger partial charge in [0.25, 0.3) is 11.6 Å². The lowest BCUT2D eigenvalue weighted by atomic mass is 10.1. The molecule has 1 N–H and O–H groups in total. The van der Waals surface area contributed by atoms with Crippen LogP contribution in [0, 0.1) is 17.0 Å².